The van der Waals surface area contributed by atoms with Crippen LogP contribution in [0.25, 0.3) is 38.6 Å². The molecule has 0 aliphatic carbocycles. The maximum absolute atomic E-state index is 12.8. The molecule has 0 aliphatic rings. The predicted molar refractivity (Wildman–Crippen MR) is 117 cm³/mol. The average molecular weight is 376 g/mol. The molecule has 0 spiro atoms. The van der Waals surface area contributed by atoms with Crippen LogP contribution in [0.3, 0.4) is 0 Å². The van der Waals surface area contributed by atoms with Crippen molar-refractivity contribution in [3.05, 3.63) is 113 Å². The first-order valence-electron chi connectivity index (χ1n) is 9.36. The lowest BCUT2D eigenvalue weighted by molar-refractivity contribution is 0.104. The number of fused-ring (bicyclic) bond motifs is 3. The molecule has 0 bridgehead atoms. The van der Waals surface area contributed by atoms with Crippen LogP contribution in [0, 0.1) is 0 Å². The largest absolute Gasteiger partial charge is 0.422 e. The topological polar surface area (TPSA) is 47.3 Å². The van der Waals surface area contributed by atoms with E-state index in [1.807, 2.05) is 48.5 Å². The number of carbonyl (C=O) groups is 1. The fraction of sp³-hybridized carbons (Fsp3) is 0. The van der Waals surface area contributed by atoms with Gasteiger partial charge in [-0.2, -0.15) is 0 Å². The van der Waals surface area contributed by atoms with Crippen LogP contribution in [-0.4, -0.2) is 5.78 Å². The third-order valence-corrected chi connectivity index (χ3v) is 5.12. The molecular weight excluding hydrogens is 360 g/mol. The maximum Gasteiger partial charge on any atom is 0.347 e. The number of allylic oxidation sites excluding steroid dienone is 1. The fourth-order valence-electron chi connectivity index (χ4n) is 3.71. The summed E-state index contributed by atoms with van der Waals surface area (Å²) in [6.07, 6.45) is 3.25. The van der Waals surface area contributed by atoms with Crippen LogP contribution in [0.15, 0.2) is 100 Å². The lowest BCUT2D eigenvalue weighted by Crippen LogP contribution is -2.11. The molecule has 5 rings (SSSR count). The minimum absolute atomic E-state index is 0.0319. The zero-order valence-corrected chi connectivity index (χ0v) is 15.5. The van der Waals surface area contributed by atoms with Crippen molar-refractivity contribution in [3.63, 3.8) is 0 Å². The molecule has 1 aromatic heterocycles. The molecule has 5 aromatic rings. The predicted octanol–water partition coefficient (Wildman–Crippen LogP) is 6.00. The monoisotopic (exact) mass is 376 g/mol. The smallest absolute Gasteiger partial charge is 0.347 e. The van der Waals surface area contributed by atoms with Gasteiger partial charge >= 0.3 is 5.63 Å². The molecule has 0 aliphatic heterocycles. The molecular formula is C26H16O3. The second-order valence-electron chi connectivity index (χ2n) is 6.92. The van der Waals surface area contributed by atoms with E-state index in [1.54, 1.807) is 24.3 Å². The minimum Gasteiger partial charge on any atom is -0.422 e. The number of rotatable bonds is 3. The van der Waals surface area contributed by atoms with Gasteiger partial charge in [0.1, 0.15) is 11.1 Å². The Hall–Kier alpha value is -3.98. The van der Waals surface area contributed by atoms with Crippen molar-refractivity contribution in [2.75, 3.05) is 0 Å². The van der Waals surface area contributed by atoms with E-state index in [4.69, 9.17) is 4.42 Å². The Labute approximate surface area is 166 Å². The molecule has 138 valence electrons. The van der Waals surface area contributed by atoms with Crippen LogP contribution in [0.1, 0.15) is 15.9 Å². The molecule has 3 heteroatoms. The Bertz CT molecular complexity index is 1430. The molecule has 0 saturated carbocycles. The summed E-state index contributed by atoms with van der Waals surface area (Å²) in [6.45, 7) is 0. The van der Waals surface area contributed by atoms with Crippen LogP contribution in [0.4, 0.5) is 0 Å². The van der Waals surface area contributed by atoms with Crippen molar-refractivity contribution < 1.29 is 9.21 Å². The zero-order valence-electron chi connectivity index (χ0n) is 15.5. The Morgan fingerprint density at radius 2 is 1.31 bits per heavy atom. The quantitative estimate of drug-likeness (QED) is 0.168. The maximum atomic E-state index is 12.8. The summed E-state index contributed by atoms with van der Waals surface area (Å²) in [4.78, 5) is 25.1. The van der Waals surface area contributed by atoms with Gasteiger partial charge < -0.3 is 4.42 Å². The molecule has 0 atom stereocenters. The molecule has 29 heavy (non-hydrogen) atoms. The first-order chi connectivity index (χ1) is 14.2. The number of hydrogen-bond donors (Lipinski definition) is 0. The first kappa shape index (κ1) is 17.1. The molecule has 0 unspecified atom stereocenters. The van der Waals surface area contributed by atoms with Crippen molar-refractivity contribution >= 4 is 44.4 Å². The third kappa shape index (κ3) is 3.03. The lowest BCUT2D eigenvalue weighted by atomic mass is 9.96. The highest BCUT2D eigenvalue weighted by Gasteiger charge is 2.12. The molecule has 1 heterocycles. The van der Waals surface area contributed by atoms with Crippen molar-refractivity contribution in [2.45, 2.75) is 0 Å². The molecule has 0 N–H and O–H groups in total. The zero-order chi connectivity index (χ0) is 19.8. The van der Waals surface area contributed by atoms with Gasteiger partial charge in [-0.3, -0.25) is 4.79 Å². The van der Waals surface area contributed by atoms with E-state index < -0.39 is 5.63 Å². The Morgan fingerprint density at radius 1 is 0.724 bits per heavy atom. The second kappa shape index (κ2) is 6.88. The van der Waals surface area contributed by atoms with Gasteiger partial charge in [0, 0.05) is 5.39 Å². The van der Waals surface area contributed by atoms with Crippen molar-refractivity contribution in [1.29, 1.82) is 0 Å². The fourth-order valence-corrected chi connectivity index (χ4v) is 3.71. The van der Waals surface area contributed by atoms with Crippen molar-refractivity contribution in [1.82, 2.24) is 0 Å². The lowest BCUT2D eigenvalue weighted by Gasteiger charge is -2.08. The summed E-state index contributed by atoms with van der Waals surface area (Å²) in [5.41, 5.74) is 0.834. The van der Waals surface area contributed by atoms with Crippen LogP contribution < -0.4 is 5.63 Å². The summed E-state index contributed by atoms with van der Waals surface area (Å²) in [5, 5.41) is 5.04. The molecule has 0 amide bonds. The number of benzene rings is 4. The molecule has 3 nitrogen and oxygen atoms in total. The van der Waals surface area contributed by atoms with E-state index in [0.29, 0.717) is 5.58 Å². The van der Waals surface area contributed by atoms with Gasteiger partial charge in [0.2, 0.25) is 0 Å². The number of ketones is 1. The molecule has 4 aromatic carbocycles. The SMILES string of the molecule is O=C(C=Cc1c2ccccc2cc2ccccc12)c1cc2ccccc2oc1=O. The second-order valence-corrected chi connectivity index (χ2v) is 6.92. The summed E-state index contributed by atoms with van der Waals surface area (Å²) in [7, 11) is 0. The molecule has 0 saturated heterocycles. The Morgan fingerprint density at radius 3 is 2.00 bits per heavy atom. The Kier molecular flexibility index (Phi) is 4.07. The minimum atomic E-state index is -0.624. The summed E-state index contributed by atoms with van der Waals surface area (Å²) >= 11 is 0. The van der Waals surface area contributed by atoms with E-state index in [0.717, 1.165) is 32.5 Å². The van der Waals surface area contributed by atoms with Crippen LogP contribution in [0.2, 0.25) is 0 Å². The number of carbonyl (C=O) groups excluding carboxylic acids is 1. The van der Waals surface area contributed by atoms with Gasteiger partial charge in [-0.1, -0.05) is 66.7 Å². The number of para-hydroxylation sites is 1. The Balaban J connectivity index is 1.64. The van der Waals surface area contributed by atoms with E-state index in [1.165, 1.54) is 6.08 Å². The normalized spacial score (nSPS) is 11.6. The highest BCUT2D eigenvalue weighted by Crippen LogP contribution is 2.29. The van der Waals surface area contributed by atoms with Gasteiger partial charge in [-0.15, -0.1) is 0 Å². The first-order valence-corrected chi connectivity index (χ1v) is 9.36. The molecule has 0 fully saturated rings. The van der Waals surface area contributed by atoms with Gasteiger partial charge in [0.05, 0.1) is 0 Å². The van der Waals surface area contributed by atoms with E-state index in [9.17, 15) is 9.59 Å². The average Bonchev–Trinajstić information content (AvgIpc) is 2.76. The van der Waals surface area contributed by atoms with Crippen molar-refractivity contribution in [3.8, 4) is 0 Å². The van der Waals surface area contributed by atoms with Gasteiger partial charge in [-0.25, -0.2) is 4.79 Å². The standard InChI is InChI=1S/C26H16O3/c27-24(23-16-19-9-3-6-12-25(19)29-26(23)28)14-13-22-20-10-4-1-7-17(20)15-18-8-2-5-11-21(18)22/h1-16H. The van der Waals surface area contributed by atoms with Crippen LogP contribution in [0.5, 0.6) is 0 Å². The highest BCUT2D eigenvalue weighted by atomic mass is 16.4. The van der Waals surface area contributed by atoms with Gasteiger partial charge in [0.25, 0.3) is 0 Å². The van der Waals surface area contributed by atoms with Crippen molar-refractivity contribution in [2.24, 2.45) is 0 Å². The summed E-state index contributed by atoms with van der Waals surface area (Å²) in [6, 6.07) is 27.0. The summed E-state index contributed by atoms with van der Waals surface area (Å²) < 4.78 is 5.30. The van der Waals surface area contributed by atoms with Gasteiger partial charge in [-0.05, 0) is 57.5 Å². The highest BCUT2D eigenvalue weighted by molar-refractivity contribution is 6.12. The van der Waals surface area contributed by atoms with Gasteiger partial charge in [0.15, 0.2) is 5.78 Å². The van der Waals surface area contributed by atoms with E-state index in [2.05, 4.69) is 18.2 Å². The van der Waals surface area contributed by atoms with E-state index >= 15 is 0 Å². The molecule has 0 radical (unpaired) electrons. The van der Waals surface area contributed by atoms with E-state index in [-0.39, 0.29) is 11.3 Å². The van der Waals surface area contributed by atoms with Crippen LogP contribution >= 0.6 is 0 Å². The number of hydrogen-bond acceptors (Lipinski definition) is 3. The summed E-state index contributed by atoms with van der Waals surface area (Å²) in [5.74, 6) is -0.374. The third-order valence-electron chi connectivity index (χ3n) is 5.12. The van der Waals surface area contributed by atoms with Crippen LogP contribution in [-0.2, 0) is 0 Å².